The lowest BCUT2D eigenvalue weighted by Crippen LogP contribution is -2.16. The molecule has 3 aromatic rings. The Hall–Kier alpha value is -2.57. The topological polar surface area (TPSA) is 72.0 Å². The van der Waals surface area contributed by atoms with Gasteiger partial charge in [0.05, 0.1) is 5.56 Å². The number of carbonyl (C=O) groups is 2. The zero-order valence-corrected chi connectivity index (χ0v) is 15.2. The third-order valence-corrected chi connectivity index (χ3v) is 5.36. The molecule has 1 aliphatic rings. The van der Waals surface area contributed by atoms with Gasteiger partial charge in [0.2, 0.25) is 5.13 Å². The molecule has 0 saturated heterocycles. The van der Waals surface area contributed by atoms with Crippen LogP contribution < -0.4 is 5.32 Å². The van der Waals surface area contributed by atoms with Crippen LogP contribution in [0.1, 0.15) is 50.0 Å². The largest absolute Gasteiger partial charge is 0.296 e. The number of rotatable bonds is 5. The van der Waals surface area contributed by atoms with Crippen LogP contribution in [0.2, 0.25) is 5.02 Å². The highest BCUT2D eigenvalue weighted by Gasteiger charge is 2.28. The lowest BCUT2D eigenvalue weighted by molar-refractivity contribution is 0.0996. The van der Waals surface area contributed by atoms with Crippen LogP contribution in [-0.4, -0.2) is 21.9 Å². The number of nitrogens with one attached hydrogen (secondary N) is 1. The number of hydrogen-bond acceptors (Lipinski definition) is 5. The van der Waals surface area contributed by atoms with Gasteiger partial charge in [0.25, 0.3) is 5.91 Å². The predicted molar refractivity (Wildman–Crippen MR) is 101 cm³/mol. The molecule has 26 heavy (non-hydrogen) atoms. The Morgan fingerprint density at radius 2 is 1.69 bits per heavy atom. The normalized spacial score (nSPS) is 13.4. The average molecular weight is 384 g/mol. The third kappa shape index (κ3) is 3.52. The summed E-state index contributed by atoms with van der Waals surface area (Å²) in [6, 6.07) is 13.3. The Morgan fingerprint density at radius 3 is 2.38 bits per heavy atom. The monoisotopic (exact) mass is 383 g/mol. The van der Waals surface area contributed by atoms with Crippen molar-refractivity contribution in [3.05, 3.63) is 75.3 Å². The van der Waals surface area contributed by atoms with Crippen LogP contribution in [0.15, 0.2) is 48.5 Å². The summed E-state index contributed by atoms with van der Waals surface area (Å²) in [5, 5.41) is 12.8. The van der Waals surface area contributed by atoms with E-state index in [9.17, 15) is 9.59 Å². The summed E-state index contributed by atoms with van der Waals surface area (Å²) in [6.07, 6.45) is 2.25. The Kier molecular flexibility index (Phi) is 4.53. The number of benzene rings is 2. The van der Waals surface area contributed by atoms with Gasteiger partial charge in [-0.15, -0.1) is 10.2 Å². The molecule has 1 saturated carbocycles. The molecule has 1 aromatic heterocycles. The maximum absolute atomic E-state index is 12.8. The second kappa shape index (κ2) is 6.97. The van der Waals surface area contributed by atoms with Crippen LogP contribution >= 0.6 is 22.9 Å². The summed E-state index contributed by atoms with van der Waals surface area (Å²) in [5.41, 5.74) is 1.11. The number of aromatic nitrogens is 2. The van der Waals surface area contributed by atoms with Gasteiger partial charge in [0, 0.05) is 22.1 Å². The van der Waals surface area contributed by atoms with Crippen molar-refractivity contribution in [1.29, 1.82) is 0 Å². The van der Waals surface area contributed by atoms with E-state index >= 15 is 0 Å². The number of halogens is 1. The molecule has 2 aromatic carbocycles. The van der Waals surface area contributed by atoms with Crippen molar-refractivity contribution in [3.63, 3.8) is 0 Å². The quantitative estimate of drug-likeness (QED) is 0.656. The van der Waals surface area contributed by atoms with Crippen molar-refractivity contribution in [1.82, 2.24) is 10.2 Å². The average Bonchev–Trinajstić information content (AvgIpc) is 3.41. The van der Waals surface area contributed by atoms with Crippen LogP contribution in [0.3, 0.4) is 0 Å². The first-order valence-electron chi connectivity index (χ1n) is 8.16. The van der Waals surface area contributed by atoms with Gasteiger partial charge in [-0.05, 0) is 43.2 Å². The van der Waals surface area contributed by atoms with Crippen LogP contribution in [0.5, 0.6) is 0 Å². The summed E-state index contributed by atoms with van der Waals surface area (Å²) in [4.78, 5) is 25.5. The van der Waals surface area contributed by atoms with Crippen molar-refractivity contribution in [3.8, 4) is 0 Å². The molecular weight excluding hydrogens is 370 g/mol. The highest BCUT2D eigenvalue weighted by Crippen LogP contribution is 2.42. The summed E-state index contributed by atoms with van der Waals surface area (Å²) in [5.74, 6) is -0.123. The molecule has 4 rings (SSSR count). The lowest BCUT2D eigenvalue weighted by atomic mass is 9.98. The minimum atomic E-state index is -0.374. The standard InChI is InChI=1S/C19H14ClN3O2S/c20-13-9-7-11(8-10-13)16(24)14-3-1-2-4-15(14)17(25)21-19-23-22-18(26-19)12-5-6-12/h1-4,7-10,12H,5-6H2,(H,21,23,25). The smallest absolute Gasteiger partial charge is 0.258 e. The second-order valence-corrected chi connectivity index (χ2v) is 7.50. The fraction of sp³-hybridized carbons (Fsp3) is 0.158. The van der Waals surface area contributed by atoms with E-state index in [0.29, 0.717) is 32.8 Å². The molecule has 1 fully saturated rings. The van der Waals surface area contributed by atoms with Crippen molar-refractivity contribution >= 4 is 39.8 Å². The number of nitrogens with zero attached hydrogens (tertiary/aromatic N) is 2. The first-order chi connectivity index (χ1) is 12.6. The Morgan fingerprint density at radius 1 is 1.00 bits per heavy atom. The lowest BCUT2D eigenvalue weighted by Gasteiger charge is -2.08. The van der Waals surface area contributed by atoms with E-state index in [0.717, 1.165) is 17.8 Å². The van der Waals surface area contributed by atoms with E-state index in [2.05, 4.69) is 15.5 Å². The molecule has 7 heteroatoms. The molecule has 0 atom stereocenters. The van der Waals surface area contributed by atoms with Crippen molar-refractivity contribution in [2.75, 3.05) is 5.32 Å². The van der Waals surface area contributed by atoms with E-state index in [1.807, 2.05) is 0 Å². The second-order valence-electron chi connectivity index (χ2n) is 6.06. The van der Waals surface area contributed by atoms with Crippen LogP contribution in [0.25, 0.3) is 0 Å². The molecule has 0 bridgehead atoms. The third-order valence-electron chi connectivity index (χ3n) is 4.11. The van der Waals surface area contributed by atoms with E-state index in [-0.39, 0.29) is 11.7 Å². The summed E-state index contributed by atoms with van der Waals surface area (Å²) in [7, 11) is 0. The molecule has 0 radical (unpaired) electrons. The Bertz CT molecular complexity index is 980. The summed E-state index contributed by atoms with van der Waals surface area (Å²) in [6.45, 7) is 0. The van der Waals surface area contributed by atoms with Gasteiger partial charge >= 0.3 is 0 Å². The number of hydrogen-bond donors (Lipinski definition) is 1. The number of carbonyl (C=O) groups excluding carboxylic acids is 2. The maximum atomic E-state index is 12.8. The fourth-order valence-electron chi connectivity index (χ4n) is 2.58. The zero-order valence-electron chi connectivity index (χ0n) is 13.6. The van der Waals surface area contributed by atoms with Crippen LogP contribution in [-0.2, 0) is 0 Å². The molecule has 130 valence electrons. The van der Waals surface area contributed by atoms with Gasteiger partial charge in [-0.3, -0.25) is 14.9 Å². The van der Waals surface area contributed by atoms with Crippen LogP contribution in [0.4, 0.5) is 5.13 Å². The fourth-order valence-corrected chi connectivity index (χ4v) is 3.61. The maximum Gasteiger partial charge on any atom is 0.258 e. The zero-order chi connectivity index (χ0) is 18.1. The van der Waals surface area contributed by atoms with E-state index < -0.39 is 0 Å². The molecule has 1 aliphatic carbocycles. The van der Waals surface area contributed by atoms with E-state index in [4.69, 9.17) is 11.6 Å². The van der Waals surface area contributed by atoms with Gasteiger partial charge in [-0.1, -0.05) is 41.1 Å². The molecule has 5 nitrogen and oxygen atoms in total. The van der Waals surface area contributed by atoms with Gasteiger partial charge in [-0.25, -0.2) is 0 Å². The van der Waals surface area contributed by atoms with Gasteiger partial charge in [0.1, 0.15) is 5.01 Å². The predicted octanol–water partition coefficient (Wildman–Crippen LogP) is 4.55. The summed E-state index contributed by atoms with van der Waals surface area (Å²) < 4.78 is 0. The van der Waals surface area contributed by atoms with Crippen molar-refractivity contribution < 1.29 is 9.59 Å². The molecule has 1 N–H and O–H groups in total. The molecule has 0 aliphatic heterocycles. The highest BCUT2D eigenvalue weighted by atomic mass is 35.5. The summed E-state index contributed by atoms with van der Waals surface area (Å²) >= 11 is 7.26. The van der Waals surface area contributed by atoms with Gasteiger partial charge in [0.15, 0.2) is 5.78 Å². The SMILES string of the molecule is O=C(Nc1nnc(C2CC2)s1)c1ccccc1C(=O)c1ccc(Cl)cc1. The van der Waals surface area contributed by atoms with Crippen molar-refractivity contribution in [2.24, 2.45) is 0 Å². The first-order valence-corrected chi connectivity index (χ1v) is 9.35. The minimum absolute atomic E-state index is 0.233. The highest BCUT2D eigenvalue weighted by molar-refractivity contribution is 7.15. The van der Waals surface area contributed by atoms with Gasteiger partial charge < -0.3 is 0 Å². The Labute approximate surface area is 159 Å². The first kappa shape index (κ1) is 16.9. The molecule has 0 unspecified atom stereocenters. The molecule has 0 spiro atoms. The molecular formula is C19H14ClN3O2S. The van der Waals surface area contributed by atoms with Gasteiger partial charge in [-0.2, -0.15) is 0 Å². The number of anilines is 1. The molecule has 1 amide bonds. The molecule has 1 heterocycles. The number of amides is 1. The van der Waals surface area contributed by atoms with Crippen LogP contribution in [0, 0.1) is 0 Å². The Balaban J connectivity index is 1.58. The van der Waals surface area contributed by atoms with E-state index in [1.54, 1.807) is 48.5 Å². The van der Waals surface area contributed by atoms with Crippen molar-refractivity contribution in [2.45, 2.75) is 18.8 Å². The number of ketones is 1. The van der Waals surface area contributed by atoms with E-state index in [1.165, 1.54) is 11.3 Å². The minimum Gasteiger partial charge on any atom is -0.296 e.